The second-order valence-electron chi connectivity index (χ2n) is 8.61. The summed E-state index contributed by atoms with van der Waals surface area (Å²) >= 11 is 0. The van der Waals surface area contributed by atoms with Crippen LogP contribution in [0.5, 0.6) is 0 Å². The van der Waals surface area contributed by atoms with Crippen molar-refractivity contribution in [2.24, 2.45) is 5.73 Å². The maximum Gasteiger partial charge on any atom is 0.256 e. The molecule has 1 aromatic rings. The maximum atomic E-state index is 12.9. The summed E-state index contributed by atoms with van der Waals surface area (Å²) in [7, 11) is 0. The van der Waals surface area contributed by atoms with Gasteiger partial charge in [0.05, 0.1) is 6.04 Å². The van der Waals surface area contributed by atoms with Gasteiger partial charge in [0, 0.05) is 31.9 Å². The number of hydrogen-bond acceptors (Lipinski definition) is 8. The normalized spacial score (nSPS) is 22.4. The number of aromatic nitrogens is 2. The van der Waals surface area contributed by atoms with Crippen molar-refractivity contribution >= 4 is 23.6 Å². The zero-order chi connectivity index (χ0) is 22.6. The number of carbonyl (C=O) groups excluding carboxylic acids is 2. The first kappa shape index (κ1) is 24.2. The average Bonchev–Trinajstić information content (AvgIpc) is 2.80. The molecule has 0 radical (unpaired) electrons. The SMILES string of the molecule is NC1CCCCNc2nc(ncc2C(=O)NC2CCNCC2)NCCCCCCNC1=O. The molecule has 1 fully saturated rings. The second kappa shape index (κ2) is 13.2. The highest BCUT2D eigenvalue weighted by Gasteiger charge is 2.20. The van der Waals surface area contributed by atoms with Crippen LogP contribution in [0, 0.1) is 0 Å². The Kier molecular flexibility index (Phi) is 9.96. The molecule has 0 aromatic carbocycles. The molecule has 3 rings (SSSR count). The van der Waals surface area contributed by atoms with Crippen molar-refractivity contribution in [3.05, 3.63) is 11.8 Å². The van der Waals surface area contributed by atoms with E-state index in [0.29, 0.717) is 36.8 Å². The molecule has 1 aromatic heterocycles. The molecule has 178 valence electrons. The molecular weight excluding hydrogens is 408 g/mol. The van der Waals surface area contributed by atoms with E-state index in [1.165, 1.54) is 0 Å². The number of rotatable bonds is 2. The molecule has 2 bridgehead atoms. The predicted molar refractivity (Wildman–Crippen MR) is 126 cm³/mol. The lowest BCUT2D eigenvalue weighted by molar-refractivity contribution is -0.122. The Morgan fingerprint density at radius 3 is 2.38 bits per heavy atom. The maximum absolute atomic E-state index is 12.9. The number of anilines is 2. The summed E-state index contributed by atoms with van der Waals surface area (Å²) in [5, 5.41) is 15.9. The first-order valence-corrected chi connectivity index (χ1v) is 12.0. The van der Waals surface area contributed by atoms with Gasteiger partial charge in [-0.25, -0.2) is 4.98 Å². The van der Waals surface area contributed by atoms with Gasteiger partial charge in [0.1, 0.15) is 11.4 Å². The fourth-order valence-corrected chi connectivity index (χ4v) is 3.97. The van der Waals surface area contributed by atoms with Crippen LogP contribution in [0.25, 0.3) is 0 Å². The molecule has 1 saturated heterocycles. The van der Waals surface area contributed by atoms with Crippen LogP contribution in [0.3, 0.4) is 0 Å². The molecule has 2 amide bonds. The zero-order valence-electron chi connectivity index (χ0n) is 18.9. The minimum absolute atomic E-state index is 0.0712. The number of nitrogens with two attached hydrogens (primary N) is 1. The predicted octanol–water partition coefficient (Wildman–Crippen LogP) is 0.970. The van der Waals surface area contributed by atoms with Gasteiger partial charge in [-0.15, -0.1) is 0 Å². The molecular formula is C22H38N8O2. The van der Waals surface area contributed by atoms with Crippen LogP contribution in [0.2, 0.25) is 0 Å². The highest BCUT2D eigenvalue weighted by molar-refractivity contribution is 5.98. The van der Waals surface area contributed by atoms with Crippen molar-refractivity contribution in [1.29, 1.82) is 0 Å². The average molecular weight is 447 g/mol. The number of carbonyl (C=O) groups is 2. The largest absolute Gasteiger partial charge is 0.369 e. The number of fused-ring (bicyclic) bond motifs is 2. The molecule has 0 saturated carbocycles. The smallest absolute Gasteiger partial charge is 0.256 e. The van der Waals surface area contributed by atoms with E-state index in [4.69, 9.17) is 5.73 Å². The topological polar surface area (TPSA) is 146 Å². The molecule has 1 atom stereocenters. The Labute approximate surface area is 190 Å². The van der Waals surface area contributed by atoms with Crippen molar-refractivity contribution < 1.29 is 9.59 Å². The van der Waals surface area contributed by atoms with Crippen LogP contribution in [-0.4, -0.2) is 66.6 Å². The summed E-state index contributed by atoms with van der Waals surface area (Å²) in [6.07, 6.45) is 9.74. The Morgan fingerprint density at radius 2 is 1.59 bits per heavy atom. The minimum Gasteiger partial charge on any atom is -0.369 e. The van der Waals surface area contributed by atoms with Gasteiger partial charge in [0.25, 0.3) is 5.91 Å². The lowest BCUT2D eigenvalue weighted by Gasteiger charge is -2.24. The highest BCUT2D eigenvalue weighted by Crippen LogP contribution is 2.16. The van der Waals surface area contributed by atoms with E-state index in [-0.39, 0.29) is 17.9 Å². The summed E-state index contributed by atoms with van der Waals surface area (Å²) in [6, 6.07) is -0.310. The molecule has 3 heterocycles. The van der Waals surface area contributed by atoms with Crippen molar-refractivity contribution in [3.63, 3.8) is 0 Å². The van der Waals surface area contributed by atoms with Crippen LogP contribution >= 0.6 is 0 Å². The fourth-order valence-electron chi connectivity index (χ4n) is 3.97. The van der Waals surface area contributed by atoms with Crippen LogP contribution in [0.1, 0.15) is 68.1 Å². The standard InChI is InChI=1S/C22H38N8O2/c23-18-7-3-6-10-25-19-17(20(31)29-16-8-13-24-14-9-16)15-28-22(30-19)27-12-5-2-1-4-11-26-21(18)32/h15-16,18,24H,1-14,23H2,(H,26,32)(H,29,31)(H2,25,27,28,30). The summed E-state index contributed by atoms with van der Waals surface area (Å²) in [6.45, 7) is 3.90. The van der Waals surface area contributed by atoms with Crippen LogP contribution < -0.4 is 32.3 Å². The summed E-state index contributed by atoms with van der Waals surface area (Å²) in [4.78, 5) is 33.9. The van der Waals surface area contributed by atoms with E-state index in [2.05, 4.69) is 36.6 Å². The van der Waals surface area contributed by atoms with E-state index in [1.54, 1.807) is 6.20 Å². The summed E-state index contributed by atoms with van der Waals surface area (Å²) in [5.41, 5.74) is 6.47. The zero-order valence-corrected chi connectivity index (χ0v) is 18.9. The molecule has 32 heavy (non-hydrogen) atoms. The number of hydrogen-bond donors (Lipinski definition) is 6. The number of amides is 2. The van der Waals surface area contributed by atoms with Gasteiger partial charge in [-0.05, 0) is 58.0 Å². The van der Waals surface area contributed by atoms with E-state index < -0.39 is 6.04 Å². The first-order valence-electron chi connectivity index (χ1n) is 12.0. The highest BCUT2D eigenvalue weighted by atomic mass is 16.2. The van der Waals surface area contributed by atoms with Crippen molar-refractivity contribution in [1.82, 2.24) is 25.9 Å². The summed E-state index contributed by atoms with van der Waals surface area (Å²) in [5.74, 6) is 0.850. The third-order valence-electron chi connectivity index (χ3n) is 5.96. The van der Waals surface area contributed by atoms with Crippen LogP contribution in [0.15, 0.2) is 6.20 Å². The van der Waals surface area contributed by atoms with Gasteiger partial charge in [-0.1, -0.05) is 12.8 Å². The Balaban J connectivity index is 1.64. The van der Waals surface area contributed by atoms with Gasteiger partial charge in [0.15, 0.2) is 0 Å². The molecule has 2 aliphatic rings. The molecule has 0 spiro atoms. The van der Waals surface area contributed by atoms with Crippen molar-refractivity contribution in [2.45, 2.75) is 69.9 Å². The van der Waals surface area contributed by atoms with E-state index in [9.17, 15) is 9.59 Å². The number of piperidine rings is 1. The molecule has 10 heteroatoms. The van der Waals surface area contributed by atoms with Gasteiger partial charge in [-0.2, -0.15) is 4.98 Å². The number of nitrogens with zero attached hydrogens (tertiary/aromatic N) is 2. The van der Waals surface area contributed by atoms with E-state index >= 15 is 0 Å². The number of nitrogens with one attached hydrogen (secondary N) is 5. The molecule has 0 aliphatic carbocycles. The molecule has 1 unspecified atom stereocenters. The monoisotopic (exact) mass is 446 g/mol. The quantitative estimate of drug-likeness (QED) is 0.394. The lowest BCUT2D eigenvalue weighted by atomic mass is 10.1. The molecule has 2 aliphatic heterocycles. The Hall–Kier alpha value is -2.46. The Bertz CT molecular complexity index is 739. The van der Waals surface area contributed by atoms with Gasteiger partial charge >= 0.3 is 0 Å². The van der Waals surface area contributed by atoms with Crippen LogP contribution in [0.4, 0.5) is 11.8 Å². The molecule has 7 N–H and O–H groups in total. The first-order chi connectivity index (χ1) is 15.6. The third kappa shape index (κ3) is 7.90. The second-order valence-corrected chi connectivity index (χ2v) is 8.61. The fraction of sp³-hybridized carbons (Fsp3) is 0.727. The van der Waals surface area contributed by atoms with Crippen LogP contribution in [-0.2, 0) is 4.79 Å². The lowest BCUT2D eigenvalue weighted by Crippen LogP contribution is -2.43. The minimum atomic E-state index is -0.477. The Morgan fingerprint density at radius 1 is 0.906 bits per heavy atom. The van der Waals surface area contributed by atoms with E-state index in [1.807, 2.05) is 0 Å². The third-order valence-corrected chi connectivity index (χ3v) is 5.96. The van der Waals surface area contributed by atoms with Gasteiger partial charge in [-0.3, -0.25) is 9.59 Å². The van der Waals surface area contributed by atoms with Crippen molar-refractivity contribution in [3.8, 4) is 0 Å². The van der Waals surface area contributed by atoms with E-state index in [0.717, 1.165) is 71.0 Å². The van der Waals surface area contributed by atoms with Crippen molar-refractivity contribution in [2.75, 3.05) is 43.4 Å². The van der Waals surface area contributed by atoms with Gasteiger partial charge in [0.2, 0.25) is 11.9 Å². The summed E-state index contributed by atoms with van der Waals surface area (Å²) < 4.78 is 0. The molecule has 10 nitrogen and oxygen atoms in total. The van der Waals surface area contributed by atoms with Gasteiger partial charge < -0.3 is 32.3 Å².